The lowest BCUT2D eigenvalue weighted by molar-refractivity contribution is -0.133. The molecule has 1 aliphatic heterocycles. The normalized spacial score (nSPS) is 15.5. The molecule has 1 amide bonds. The van der Waals surface area contributed by atoms with Crippen LogP contribution >= 0.6 is 23.2 Å². The molecule has 13 heteroatoms. The second kappa shape index (κ2) is 10.9. The number of benzene rings is 3. The number of ether oxygens (including phenoxy) is 1. The average molecular weight is 589 g/mol. The number of halogens is 2. The average Bonchev–Trinajstić information content (AvgIpc) is 3.23. The maximum atomic E-state index is 13.7. The molecule has 0 bridgehead atoms. The van der Waals surface area contributed by atoms with E-state index in [1.165, 1.54) is 34.4 Å². The van der Waals surface area contributed by atoms with Crippen molar-refractivity contribution in [1.29, 1.82) is 0 Å². The zero-order chi connectivity index (χ0) is 27.7. The number of H-pyrrole nitrogens is 1. The van der Waals surface area contributed by atoms with E-state index in [4.69, 9.17) is 27.9 Å². The van der Waals surface area contributed by atoms with Crippen LogP contribution < -0.4 is 15.8 Å². The minimum atomic E-state index is -4.28. The fourth-order valence-corrected chi connectivity index (χ4v) is 6.58. The zero-order valence-corrected chi connectivity index (χ0v) is 22.5. The smallest absolute Gasteiger partial charge is 0.272 e. The summed E-state index contributed by atoms with van der Waals surface area (Å²) >= 11 is 12.0. The third-order valence-electron chi connectivity index (χ3n) is 6.26. The first-order valence-corrected chi connectivity index (χ1v) is 13.9. The van der Waals surface area contributed by atoms with Gasteiger partial charge in [0.15, 0.2) is 0 Å². The molecule has 1 atom stereocenters. The Hall–Kier alpha value is -3.61. The molecule has 0 radical (unpaired) electrons. The maximum Gasteiger partial charge on any atom is 0.272 e. The molecule has 5 rings (SSSR count). The summed E-state index contributed by atoms with van der Waals surface area (Å²) in [5.41, 5.74) is 2.20. The van der Waals surface area contributed by atoms with Crippen molar-refractivity contribution in [3.63, 3.8) is 0 Å². The van der Waals surface area contributed by atoms with Crippen LogP contribution in [0.3, 0.4) is 0 Å². The fraction of sp³-hybridized carbons (Fsp3) is 0.154. The molecule has 39 heavy (non-hydrogen) atoms. The molecule has 0 saturated carbocycles. The first kappa shape index (κ1) is 27.0. The van der Waals surface area contributed by atoms with Crippen LogP contribution in [0.4, 0.5) is 0 Å². The van der Waals surface area contributed by atoms with Gasteiger partial charge in [-0.15, -0.1) is 0 Å². The lowest BCUT2D eigenvalue weighted by Crippen LogP contribution is -2.48. The number of hydrogen-bond acceptors (Lipinski definition) is 6. The summed E-state index contributed by atoms with van der Waals surface area (Å²) in [6.45, 7) is 0.101. The van der Waals surface area contributed by atoms with Crippen molar-refractivity contribution in [1.82, 2.24) is 19.6 Å². The third kappa shape index (κ3) is 5.45. The van der Waals surface area contributed by atoms with E-state index in [9.17, 15) is 23.2 Å². The van der Waals surface area contributed by atoms with Crippen molar-refractivity contribution in [3.8, 4) is 11.5 Å². The summed E-state index contributed by atoms with van der Waals surface area (Å²) in [4.78, 5) is 26.0. The van der Waals surface area contributed by atoms with Crippen LogP contribution in [0.1, 0.15) is 22.9 Å². The van der Waals surface area contributed by atoms with Gasteiger partial charge >= 0.3 is 0 Å². The van der Waals surface area contributed by atoms with Gasteiger partial charge in [0, 0.05) is 28.7 Å². The lowest BCUT2D eigenvalue weighted by atomic mass is 10.0. The van der Waals surface area contributed by atoms with E-state index in [0.717, 1.165) is 9.87 Å². The number of carbonyl (C=O) groups excluding carboxylic acids is 1. The van der Waals surface area contributed by atoms with Crippen LogP contribution in [-0.2, 0) is 27.8 Å². The second-order valence-corrected chi connectivity index (χ2v) is 11.6. The van der Waals surface area contributed by atoms with Crippen LogP contribution in [0, 0.1) is 0 Å². The number of sulfonamides is 1. The highest BCUT2D eigenvalue weighted by Crippen LogP contribution is 2.34. The predicted octanol–water partition coefficient (Wildman–Crippen LogP) is 4.12. The lowest BCUT2D eigenvalue weighted by Gasteiger charge is -2.32. The van der Waals surface area contributed by atoms with E-state index in [1.54, 1.807) is 18.2 Å². The summed E-state index contributed by atoms with van der Waals surface area (Å²) in [6, 6.07) is 17.8. The van der Waals surface area contributed by atoms with Crippen LogP contribution in [0.25, 0.3) is 0 Å². The number of nitrogens with zero attached hydrogens (tertiary/aromatic N) is 2. The molecule has 1 unspecified atom stereocenters. The number of aromatic nitrogens is 2. The Balaban J connectivity index is 1.45. The van der Waals surface area contributed by atoms with Gasteiger partial charge < -0.3 is 4.74 Å². The molecule has 1 aromatic heterocycles. The highest BCUT2D eigenvalue weighted by Gasteiger charge is 2.43. The summed E-state index contributed by atoms with van der Waals surface area (Å²) in [5, 5.41) is 13.2. The van der Waals surface area contributed by atoms with Crippen molar-refractivity contribution < 1.29 is 23.2 Å². The van der Waals surface area contributed by atoms with Gasteiger partial charge in [-0.2, -0.15) is 4.31 Å². The fourth-order valence-electron chi connectivity index (χ4n) is 4.51. The third-order valence-corrected chi connectivity index (χ3v) is 8.57. The van der Waals surface area contributed by atoms with Gasteiger partial charge in [0.2, 0.25) is 10.0 Å². The van der Waals surface area contributed by atoms with E-state index < -0.39 is 27.5 Å². The number of rotatable bonds is 7. The maximum absolute atomic E-state index is 13.7. The van der Waals surface area contributed by atoms with Crippen molar-refractivity contribution >= 4 is 39.1 Å². The zero-order valence-electron chi connectivity index (χ0n) is 20.2. The van der Waals surface area contributed by atoms with E-state index in [-0.39, 0.29) is 30.0 Å². The topological polar surface area (TPSA) is 134 Å². The largest absolute Gasteiger partial charge is 0.457 e. The van der Waals surface area contributed by atoms with Gasteiger partial charge in [0.05, 0.1) is 17.0 Å². The number of fused-ring (bicyclic) bond motifs is 1. The van der Waals surface area contributed by atoms with Gasteiger partial charge in [-0.1, -0.05) is 53.5 Å². The van der Waals surface area contributed by atoms with Crippen LogP contribution in [0.15, 0.2) is 82.5 Å². The van der Waals surface area contributed by atoms with Crippen LogP contribution in [-0.4, -0.2) is 40.2 Å². The van der Waals surface area contributed by atoms with Gasteiger partial charge in [0.25, 0.3) is 11.5 Å². The number of amides is 1. The highest BCUT2D eigenvalue weighted by molar-refractivity contribution is 7.89. The number of nitrogens with one attached hydrogen (secondary N) is 2. The van der Waals surface area contributed by atoms with Gasteiger partial charge in [-0.25, -0.2) is 18.6 Å². The van der Waals surface area contributed by atoms with E-state index in [1.807, 2.05) is 30.3 Å². The van der Waals surface area contributed by atoms with Crippen molar-refractivity contribution in [2.24, 2.45) is 0 Å². The summed E-state index contributed by atoms with van der Waals surface area (Å²) in [5.74, 6) is -0.349. The number of aromatic amines is 1. The minimum absolute atomic E-state index is 0.0369. The van der Waals surface area contributed by atoms with E-state index in [0.29, 0.717) is 27.2 Å². The highest BCUT2D eigenvalue weighted by atomic mass is 35.5. The molecule has 4 aromatic rings. The Morgan fingerprint density at radius 3 is 2.33 bits per heavy atom. The monoisotopic (exact) mass is 588 g/mol. The first-order chi connectivity index (χ1) is 18.7. The van der Waals surface area contributed by atoms with Crippen molar-refractivity contribution in [2.45, 2.75) is 23.9 Å². The molecular weight excluding hydrogens is 567 g/mol. The van der Waals surface area contributed by atoms with Crippen molar-refractivity contribution in [3.05, 3.63) is 110 Å². The molecule has 202 valence electrons. The minimum Gasteiger partial charge on any atom is -0.457 e. The Morgan fingerprint density at radius 2 is 1.69 bits per heavy atom. The Bertz CT molecular complexity index is 1670. The number of carbonyl (C=O) groups is 1. The van der Waals surface area contributed by atoms with E-state index >= 15 is 0 Å². The first-order valence-electron chi connectivity index (χ1n) is 11.7. The molecule has 0 spiro atoms. The van der Waals surface area contributed by atoms with Crippen LogP contribution in [0.5, 0.6) is 11.5 Å². The predicted molar refractivity (Wildman–Crippen MR) is 144 cm³/mol. The Labute approximate surface area is 233 Å². The molecule has 1 aliphatic rings. The summed E-state index contributed by atoms with van der Waals surface area (Å²) < 4.78 is 35.3. The molecule has 10 nitrogen and oxygen atoms in total. The SMILES string of the molecule is O=C(NO)C1c2c([nH]n(Cc3ccccc3)c2=O)CCN1S(=O)(=O)c1ccc(Oc2cc(Cl)cc(Cl)c2)cc1. The molecule has 2 heterocycles. The summed E-state index contributed by atoms with van der Waals surface area (Å²) in [7, 11) is -4.28. The molecule has 0 saturated heterocycles. The van der Waals surface area contributed by atoms with Crippen LogP contribution in [0.2, 0.25) is 10.0 Å². The second-order valence-electron chi connectivity index (χ2n) is 8.80. The molecule has 3 N–H and O–H groups in total. The van der Waals surface area contributed by atoms with Gasteiger partial charge in [0.1, 0.15) is 17.5 Å². The van der Waals surface area contributed by atoms with Gasteiger partial charge in [-0.05, 0) is 48.0 Å². The molecular formula is C26H22Cl2N4O6S. The standard InChI is InChI=1S/C26H22Cl2N4O6S/c27-17-12-18(28)14-20(13-17)38-19-6-8-21(9-7-19)39(36,37)32-11-10-22-23(24(32)25(33)30-35)26(34)31(29-22)15-16-4-2-1-3-5-16/h1-9,12-14,24,29,35H,10-11,15H2,(H,30,33). The van der Waals surface area contributed by atoms with Crippen molar-refractivity contribution in [2.75, 3.05) is 6.54 Å². The molecule has 3 aromatic carbocycles. The molecule has 0 aliphatic carbocycles. The number of hydrogen-bond donors (Lipinski definition) is 3. The quantitative estimate of drug-likeness (QED) is 0.220. The Kier molecular flexibility index (Phi) is 7.52. The van der Waals surface area contributed by atoms with Gasteiger partial charge in [-0.3, -0.25) is 19.9 Å². The summed E-state index contributed by atoms with van der Waals surface area (Å²) in [6.07, 6.45) is 0.164. The Morgan fingerprint density at radius 1 is 1.03 bits per heavy atom. The molecule has 0 fully saturated rings. The number of hydroxylamine groups is 1. The van der Waals surface area contributed by atoms with E-state index in [2.05, 4.69) is 5.10 Å².